The summed E-state index contributed by atoms with van der Waals surface area (Å²) in [5.41, 5.74) is 0.581. The number of benzene rings is 1. The molecule has 0 saturated carbocycles. The number of hydrogen-bond donors (Lipinski definition) is 0. The Morgan fingerprint density at radius 1 is 1.17 bits per heavy atom. The smallest absolute Gasteiger partial charge is 0.265 e. The molecule has 1 aliphatic heterocycles. The van der Waals surface area contributed by atoms with Crippen LogP contribution in [0.15, 0.2) is 30.5 Å². The van der Waals surface area contributed by atoms with Gasteiger partial charge >= 0.3 is 0 Å². The molecule has 2 heterocycles. The molecule has 0 radical (unpaired) electrons. The highest BCUT2D eigenvalue weighted by atomic mass is 35.5. The lowest BCUT2D eigenvalue weighted by Crippen LogP contribution is -2.50. The van der Waals surface area contributed by atoms with Crippen molar-refractivity contribution in [2.24, 2.45) is 0 Å². The van der Waals surface area contributed by atoms with E-state index in [0.29, 0.717) is 41.6 Å². The van der Waals surface area contributed by atoms with Crippen molar-refractivity contribution < 1.29 is 9.59 Å². The van der Waals surface area contributed by atoms with Crippen molar-refractivity contribution in [2.45, 2.75) is 13.3 Å². The number of thiazole rings is 1. The minimum atomic E-state index is -0.0457. The Balaban J connectivity index is 1.61. The second kappa shape index (κ2) is 7.32. The van der Waals surface area contributed by atoms with Gasteiger partial charge in [-0.1, -0.05) is 24.6 Å². The van der Waals surface area contributed by atoms with E-state index in [1.54, 1.807) is 40.3 Å². The molecular formula is C17H18ClN3O2S. The Kier molecular flexibility index (Phi) is 5.16. The minimum absolute atomic E-state index is 0.00190. The molecule has 2 amide bonds. The van der Waals surface area contributed by atoms with Crippen molar-refractivity contribution in [3.05, 3.63) is 50.9 Å². The first-order valence-electron chi connectivity index (χ1n) is 7.87. The maximum atomic E-state index is 12.5. The number of carbonyl (C=O) groups excluding carboxylic acids is 2. The van der Waals surface area contributed by atoms with Gasteiger partial charge in [-0.3, -0.25) is 9.59 Å². The normalized spacial score (nSPS) is 14.8. The van der Waals surface area contributed by atoms with Gasteiger partial charge in [0.2, 0.25) is 0 Å². The van der Waals surface area contributed by atoms with Crippen molar-refractivity contribution in [1.29, 1.82) is 0 Å². The van der Waals surface area contributed by atoms with E-state index in [1.807, 2.05) is 6.92 Å². The summed E-state index contributed by atoms with van der Waals surface area (Å²) in [5.74, 6) is -0.0438. The summed E-state index contributed by atoms with van der Waals surface area (Å²) >= 11 is 7.39. The van der Waals surface area contributed by atoms with Crippen LogP contribution in [-0.2, 0) is 6.42 Å². The van der Waals surface area contributed by atoms with E-state index in [9.17, 15) is 9.59 Å². The molecule has 0 bridgehead atoms. The van der Waals surface area contributed by atoms with Gasteiger partial charge in [0, 0.05) is 36.8 Å². The van der Waals surface area contributed by atoms with E-state index < -0.39 is 0 Å². The Morgan fingerprint density at radius 3 is 2.42 bits per heavy atom. The fourth-order valence-electron chi connectivity index (χ4n) is 2.65. The Morgan fingerprint density at radius 2 is 1.83 bits per heavy atom. The van der Waals surface area contributed by atoms with E-state index in [2.05, 4.69) is 4.98 Å². The molecule has 24 heavy (non-hydrogen) atoms. The summed E-state index contributed by atoms with van der Waals surface area (Å²) in [7, 11) is 0. The molecule has 2 aromatic rings. The monoisotopic (exact) mass is 363 g/mol. The summed E-state index contributed by atoms with van der Waals surface area (Å²) in [6.45, 7) is 4.13. The summed E-state index contributed by atoms with van der Waals surface area (Å²) < 4.78 is 0. The van der Waals surface area contributed by atoms with Crippen molar-refractivity contribution in [3.63, 3.8) is 0 Å². The molecule has 1 aliphatic rings. The van der Waals surface area contributed by atoms with Gasteiger partial charge in [-0.25, -0.2) is 4.98 Å². The van der Waals surface area contributed by atoms with E-state index in [-0.39, 0.29) is 11.8 Å². The number of carbonyl (C=O) groups is 2. The SMILES string of the molecule is CCc1ncc(C(=O)N2CCN(C(=O)c3cccc(Cl)c3)CC2)s1. The summed E-state index contributed by atoms with van der Waals surface area (Å²) in [4.78, 5) is 33.4. The number of aromatic nitrogens is 1. The number of rotatable bonds is 3. The van der Waals surface area contributed by atoms with Crippen LogP contribution in [0, 0.1) is 0 Å². The molecule has 7 heteroatoms. The van der Waals surface area contributed by atoms with Crippen LogP contribution in [-0.4, -0.2) is 52.8 Å². The van der Waals surface area contributed by atoms with Crippen LogP contribution >= 0.6 is 22.9 Å². The Labute approximate surface area is 149 Å². The Bertz CT molecular complexity index is 754. The molecule has 0 atom stereocenters. The van der Waals surface area contributed by atoms with Crippen LogP contribution in [0.3, 0.4) is 0 Å². The van der Waals surface area contributed by atoms with Gasteiger partial charge in [-0.2, -0.15) is 0 Å². The molecular weight excluding hydrogens is 346 g/mol. The molecule has 3 rings (SSSR count). The van der Waals surface area contributed by atoms with Crippen LogP contribution in [0.4, 0.5) is 0 Å². The third-order valence-corrected chi connectivity index (χ3v) is 5.36. The molecule has 1 saturated heterocycles. The topological polar surface area (TPSA) is 53.5 Å². The predicted molar refractivity (Wildman–Crippen MR) is 94.8 cm³/mol. The van der Waals surface area contributed by atoms with Gasteiger partial charge < -0.3 is 9.80 Å². The first-order valence-corrected chi connectivity index (χ1v) is 9.06. The summed E-state index contributed by atoms with van der Waals surface area (Å²) in [6, 6.07) is 6.94. The van der Waals surface area contributed by atoms with Crippen molar-refractivity contribution in [3.8, 4) is 0 Å². The van der Waals surface area contributed by atoms with E-state index in [1.165, 1.54) is 11.3 Å². The zero-order valence-corrected chi connectivity index (χ0v) is 14.9. The molecule has 5 nitrogen and oxygen atoms in total. The third kappa shape index (κ3) is 3.60. The number of piperazine rings is 1. The van der Waals surface area contributed by atoms with Gasteiger partial charge in [0.1, 0.15) is 4.88 Å². The molecule has 1 aromatic heterocycles. The highest BCUT2D eigenvalue weighted by Crippen LogP contribution is 2.18. The molecule has 0 aliphatic carbocycles. The fraction of sp³-hybridized carbons (Fsp3) is 0.353. The average molecular weight is 364 g/mol. The second-order valence-corrected chi connectivity index (χ2v) is 7.12. The number of aryl methyl sites for hydroxylation is 1. The van der Waals surface area contributed by atoms with Crippen molar-refractivity contribution >= 4 is 34.8 Å². The predicted octanol–water partition coefficient (Wildman–Crippen LogP) is 2.96. The first-order chi connectivity index (χ1) is 11.6. The maximum Gasteiger partial charge on any atom is 0.265 e. The summed E-state index contributed by atoms with van der Waals surface area (Å²) in [5, 5.41) is 1.51. The first kappa shape index (κ1) is 16.9. The summed E-state index contributed by atoms with van der Waals surface area (Å²) in [6.07, 6.45) is 2.48. The van der Waals surface area contributed by atoms with E-state index >= 15 is 0 Å². The maximum absolute atomic E-state index is 12.5. The van der Waals surface area contributed by atoms with Crippen LogP contribution < -0.4 is 0 Å². The Hall–Kier alpha value is -1.92. The zero-order valence-electron chi connectivity index (χ0n) is 13.4. The molecule has 126 valence electrons. The highest BCUT2D eigenvalue weighted by molar-refractivity contribution is 7.13. The molecule has 0 unspecified atom stereocenters. The number of nitrogens with zero attached hydrogens (tertiary/aromatic N) is 3. The lowest BCUT2D eigenvalue weighted by Gasteiger charge is -2.34. The van der Waals surface area contributed by atoms with Gasteiger partial charge in [0.05, 0.1) is 11.2 Å². The largest absolute Gasteiger partial charge is 0.335 e. The van der Waals surface area contributed by atoms with E-state index in [0.717, 1.165) is 11.4 Å². The van der Waals surface area contributed by atoms with Crippen LogP contribution in [0.25, 0.3) is 0 Å². The van der Waals surface area contributed by atoms with Gasteiger partial charge in [0.15, 0.2) is 0 Å². The lowest BCUT2D eigenvalue weighted by molar-refractivity contribution is 0.0538. The highest BCUT2D eigenvalue weighted by Gasteiger charge is 2.26. The molecule has 0 spiro atoms. The van der Waals surface area contributed by atoms with Gasteiger partial charge in [-0.05, 0) is 24.6 Å². The minimum Gasteiger partial charge on any atom is -0.335 e. The van der Waals surface area contributed by atoms with Crippen molar-refractivity contribution in [1.82, 2.24) is 14.8 Å². The standard InChI is InChI=1S/C17H18ClN3O2S/c1-2-15-19-11-14(24-15)17(23)21-8-6-20(7-9-21)16(22)12-4-3-5-13(18)10-12/h3-5,10-11H,2,6-9H2,1H3. The quantitative estimate of drug-likeness (QED) is 0.842. The molecule has 1 aromatic carbocycles. The van der Waals surface area contributed by atoms with Crippen LogP contribution in [0.2, 0.25) is 5.02 Å². The van der Waals surface area contributed by atoms with E-state index in [4.69, 9.17) is 11.6 Å². The average Bonchev–Trinajstić information content (AvgIpc) is 3.10. The number of amides is 2. The lowest BCUT2D eigenvalue weighted by atomic mass is 10.2. The third-order valence-electron chi connectivity index (χ3n) is 3.99. The van der Waals surface area contributed by atoms with Crippen LogP contribution in [0.1, 0.15) is 32.0 Å². The van der Waals surface area contributed by atoms with Crippen molar-refractivity contribution in [2.75, 3.05) is 26.2 Å². The molecule has 0 N–H and O–H groups in total. The zero-order chi connectivity index (χ0) is 17.1. The second-order valence-electron chi connectivity index (χ2n) is 5.57. The van der Waals surface area contributed by atoms with Gasteiger partial charge in [0.25, 0.3) is 11.8 Å². The number of hydrogen-bond acceptors (Lipinski definition) is 4. The van der Waals surface area contributed by atoms with Crippen LogP contribution in [0.5, 0.6) is 0 Å². The fourth-order valence-corrected chi connectivity index (χ4v) is 3.66. The van der Waals surface area contributed by atoms with Gasteiger partial charge in [-0.15, -0.1) is 11.3 Å². The number of halogens is 1. The molecule has 1 fully saturated rings.